The minimum atomic E-state index is -0.685. The fourth-order valence-corrected chi connectivity index (χ4v) is 1.90. The SMILES string of the molecule is COc1ccccc1C(=O)N[C@@H]1CCC(=O)NC1=O. The van der Waals surface area contributed by atoms with Gasteiger partial charge in [0.05, 0.1) is 12.7 Å². The Hall–Kier alpha value is -2.37. The molecule has 2 N–H and O–H groups in total. The van der Waals surface area contributed by atoms with Gasteiger partial charge in [0.25, 0.3) is 5.91 Å². The molecule has 2 rings (SSSR count). The maximum atomic E-state index is 12.1. The van der Waals surface area contributed by atoms with Crippen LogP contribution in [-0.4, -0.2) is 30.9 Å². The van der Waals surface area contributed by atoms with Gasteiger partial charge in [0, 0.05) is 6.42 Å². The fourth-order valence-electron chi connectivity index (χ4n) is 1.90. The molecular formula is C13H14N2O4. The summed E-state index contributed by atoms with van der Waals surface area (Å²) < 4.78 is 5.08. The molecule has 0 spiro atoms. The van der Waals surface area contributed by atoms with Gasteiger partial charge in [-0.2, -0.15) is 0 Å². The van der Waals surface area contributed by atoms with Crippen molar-refractivity contribution in [3.05, 3.63) is 29.8 Å². The van der Waals surface area contributed by atoms with E-state index < -0.39 is 17.9 Å². The van der Waals surface area contributed by atoms with Crippen LogP contribution in [0.3, 0.4) is 0 Å². The van der Waals surface area contributed by atoms with Crippen molar-refractivity contribution in [3.63, 3.8) is 0 Å². The van der Waals surface area contributed by atoms with Gasteiger partial charge in [0.15, 0.2) is 0 Å². The highest BCUT2D eigenvalue weighted by Gasteiger charge is 2.28. The van der Waals surface area contributed by atoms with Gasteiger partial charge in [-0.1, -0.05) is 12.1 Å². The number of carbonyl (C=O) groups excluding carboxylic acids is 3. The summed E-state index contributed by atoms with van der Waals surface area (Å²) in [6.45, 7) is 0. The molecule has 0 bridgehead atoms. The van der Waals surface area contributed by atoms with Crippen LogP contribution in [0.25, 0.3) is 0 Å². The Morgan fingerprint density at radius 2 is 2.11 bits per heavy atom. The number of carbonyl (C=O) groups is 3. The first-order chi connectivity index (χ1) is 9.11. The number of piperidine rings is 1. The quantitative estimate of drug-likeness (QED) is 0.764. The summed E-state index contributed by atoms with van der Waals surface area (Å²) in [5, 5.41) is 4.79. The molecule has 0 saturated carbocycles. The molecule has 0 aliphatic carbocycles. The molecule has 1 saturated heterocycles. The maximum absolute atomic E-state index is 12.1. The van der Waals surface area contributed by atoms with Crippen molar-refractivity contribution in [2.45, 2.75) is 18.9 Å². The van der Waals surface area contributed by atoms with Gasteiger partial charge in [0.1, 0.15) is 11.8 Å². The molecule has 1 heterocycles. The van der Waals surface area contributed by atoms with Crippen molar-refractivity contribution in [1.82, 2.24) is 10.6 Å². The molecular weight excluding hydrogens is 248 g/mol. The minimum absolute atomic E-state index is 0.225. The zero-order chi connectivity index (χ0) is 13.8. The summed E-state index contributed by atoms with van der Waals surface area (Å²) in [7, 11) is 1.47. The van der Waals surface area contributed by atoms with E-state index in [2.05, 4.69) is 10.6 Å². The van der Waals surface area contributed by atoms with E-state index in [-0.39, 0.29) is 12.3 Å². The lowest BCUT2D eigenvalue weighted by molar-refractivity contribution is -0.134. The Morgan fingerprint density at radius 1 is 1.37 bits per heavy atom. The van der Waals surface area contributed by atoms with Gasteiger partial charge in [0.2, 0.25) is 11.8 Å². The zero-order valence-electron chi connectivity index (χ0n) is 10.4. The van der Waals surface area contributed by atoms with Crippen LogP contribution in [0.2, 0.25) is 0 Å². The summed E-state index contributed by atoms with van der Waals surface area (Å²) in [6, 6.07) is 6.05. The number of para-hydroxylation sites is 1. The summed E-state index contributed by atoms with van der Waals surface area (Å²) >= 11 is 0. The molecule has 0 unspecified atom stereocenters. The maximum Gasteiger partial charge on any atom is 0.255 e. The van der Waals surface area contributed by atoms with Crippen molar-refractivity contribution in [2.75, 3.05) is 7.11 Å². The molecule has 1 atom stereocenters. The van der Waals surface area contributed by atoms with Gasteiger partial charge < -0.3 is 10.1 Å². The third-order valence-electron chi connectivity index (χ3n) is 2.90. The monoisotopic (exact) mass is 262 g/mol. The molecule has 3 amide bonds. The predicted molar refractivity (Wildman–Crippen MR) is 66.6 cm³/mol. The number of imide groups is 1. The summed E-state index contributed by atoms with van der Waals surface area (Å²) in [4.78, 5) is 34.6. The lowest BCUT2D eigenvalue weighted by atomic mass is 10.1. The lowest BCUT2D eigenvalue weighted by Gasteiger charge is -2.22. The Kier molecular flexibility index (Phi) is 3.79. The molecule has 1 fully saturated rings. The van der Waals surface area contributed by atoms with Crippen LogP contribution in [0.4, 0.5) is 0 Å². The molecule has 6 heteroatoms. The van der Waals surface area contributed by atoms with Crippen LogP contribution < -0.4 is 15.4 Å². The highest BCUT2D eigenvalue weighted by molar-refractivity contribution is 6.04. The van der Waals surface area contributed by atoms with Crippen molar-refractivity contribution in [2.24, 2.45) is 0 Å². The number of ether oxygens (including phenoxy) is 1. The van der Waals surface area contributed by atoms with Crippen LogP contribution in [0, 0.1) is 0 Å². The standard InChI is InChI=1S/C13H14N2O4/c1-19-10-5-3-2-4-8(10)12(17)14-9-6-7-11(16)15-13(9)18/h2-5,9H,6-7H2,1H3,(H,14,17)(H,15,16,18)/t9-/m1/s1. The average molecular weight is 262 g/mol. The number of rotatable bonds is 3. The smallest absolute Gasteiger partial charge is 0.255 e. The second-order valence-corrected chi connectivity index (χ2v) is 4.18. The van der Waals surface area contributed by atoms with Crippen LogP contribution in [-0.2, 0) is 9.59 Å². The lowest BCUT2D eigenvalue weighted by Crippen LogP contribution is -2.52. The normalized spacial score (nSPS) is 18.7. The number of benzene rings is 1. The van der Waals surface area contributed by atoms with E-state index in [1.807, 2.05) is 0 Å². The van der Waals surface area contributed by atoms with Crippen LogP contribution >= 0.6 is 0 Å². The van der Waals surface area contributed by atoms with E-state index in [1.54, 1.807) is 24.3 Å². The van der Waals surface area contributed by atoms with E-state index in [4.69, 9.17) is 4.74 Å². The number of hydrogen-bond acceptors (Lipinski definition) is 4. The average Bonchev–Trinajstić information content (AvgIpc) is 2.41. The number of hydrogen-bond donors (Lipinski definition) is 2. The topological polar surface area (TPSA) is 84.5 Å². The third-order valence-corrected chi connectivity index (χ3v) is 2.90. The van der Waals surface area contributed by atoms with Crippen molar-refractivity contribution >= 4 is 17.7 Å². The van der Waals surface area contributed by atoms with Crippen molar-refractivity contribution < 1.29 is 19.1 Å². The summed E-state index contributed by atoms with van der Waals surface area (Å²) in [6.07, 6.45) is 0.536. The van der Waals surface area contributed by atoms with E-state index in [9.17, 15) is 14.4 Å². The second kappa shape index (κ2) is 5.51. The Labute approximate surface area is 110 Å². The Balaban J connectivity index is 2.09. The van der Waals surface area contributed by atoms with E-state index >= 15 is 0 Å². The van der Waals surface area contributed by atoms with Crippen molar-refractivity contribution in [1.29, 1.82) is 0 Å². The number of methoxy groups -OCH3 is 1. The predicted octanol–water partition coefficient (Wildman–Crippen LogP) is 0.230. The van der Waals surface area contributed by atoms with Crippen LogP contribution in [0.5, 0.6) is 5.75 Å². The molecule has 0 aromatic heterocycles. The van der Waals surface area contributed by atoms with Gasteiger partial charge in [-0.25, -0.2) is 0 Å². The van der Waals surface area contributed by atoms with E-state index in [0.717, 1.165) is 0 Å². The largest absolute Gasteiger partial charge is 0.496 e. The summed E-state index contributed by atoms with van der Waals surface area (Å²) in [5.41, 5.74) is 0.356. The van der Waals surface area contributed by atoms with E-state index in [1.165, 1.54) is 7.11 Å². The van der Waals surface area contributed by atoms with Gasteiger partial charge >= 0.3 is 0 Å². The second-order valence-electron chi connectivity index (χ2n) is 4.18. The zero-order valence-corrected chi connectivity index (χ0v) is 10.4. The molecule has 1 aliphatic heterocycles. The van der Waals surface area contributed by atoms with Gasteiger partial charge in [-0.05, 0) is 18.6 Å². The molecule has 100 valence electrons. The first kappa shape index (κ1) is 13.1. The molecule has 1 aromatic rings. The Morgan fingerprint density at radius 3 is 2.79 bits per heavy atom. The molecule has 19 heavy (non-hydrogen) atoms. The minimum Gasteiger partial charge on any atom is -0.496 e. The number of amides is 3. The first-order valence-electron chi connectivity index (χ1n) is 5.89. The molecule has 1 aliphatic rings. The molecule has 0 radical (unpaired) electrons. The number of nitrogens with one attached hydrogen (secondary N) is 2. The molecule has 6 nitrogen and oxygen atoms in total. The van der Waals surface area contributed by atoms with Crippen molar-refractivity contribution in [3.8, 4) is 5.75 Å². The Bertz CT molecular complexity index is 527. The van der Waals surface area contributed by atoms with Gasteiger partial charge in [-0.15, -0.1) is 0 Å². The van der Waals surface area contributed by atoms with Gasteiger partial charge in [-0.3, -0.25) is 19.7 Å². The highest BCUT2D eigenvalue weighted by Crippen LogP contribution is 2.17. The highest BCUT2D eigenvalue weighted by atomic mass is 16.5. The van der Waals surface area contributed by atoms with Crippen LogP contribution in [0.1, 0.15) is 23.2 Å². The fraction of sp³-hybridized carbons (Fsp3) is 0.308. The summed E-state index contributed by atoms with van der Waals surface area (Å²) in [5.74, 6) is -0.744. The third kappa shape index (κ3) is 2.90. The van der Waals surface area contributed by atoms with E-state index in [0.29, 0.717) is 17.7 Å². The molecule has 1 aromatic carbocycles. The van der Waals surface area contributed by atoms with Crippen LogP contribution in [0.15, 0.2) is 24.3 Å². The first-order valence-corrected chi connectivity index (χ1v) is 5.89.